The SMILES string of the molecule is Cc1cc(C)n(CC(=O)N2CC(=O)N(CC(C)C)CC(O)C2)n1. The fourth-order valence-electron chi connectivity index (χ4n) is 2.87. The predicted octanol–water partition coefficient (Wildman–Crippen LogP) is 0.188. The average Bonchev–Trinajstić information content (AvgIpc) is 2.66. The Bertz CT molecular complexity index is 582. The molecule has 1 aliphatic heterocycles. The molecule has 0 aliphatic carbocycles. The van der Waals surface area contributed by atoms with Crippen molar-refractivity contribution in [2.75, 3.05) is 26.2 Å². The molecule has 0 spiro atoms. The number of rotatable bonds is 4. The Labute approximate surface area is 136 Å². The minimum Gasteiger partial charge on any atom is -0.389 e. The second-order valence-corrected chi connectivity index (χ2v) is 6.71. The highest BCUT2D eigenvalue weighted by Crippen LogP contribution is 2.10. The third kappa shape index (κ3) is 4.54. The molecule has 7 nitrogen and oxygen atoms in total. The summed E-state index contributed by atoms with van der Waals surface area (Å²) < 4.78 is 1.63. The highest BCUT2D eigenvalue weighted by Gasteiger charge is 2.29. The Hall–Kier alpha value is -1.89. The van der Waals surface area contributed by atoms with Gasteiger partial charge < -0.3 is 14.9 Å². The van der Waals surface area contributed by atoms with Crippen LogP contribution in [0.3, 0.4) is 0 Å². The number of nitrogens with zero attached hydrogens (tertiary/aromatic N) is 4. The number of aromatic nitrogens is 2. The van der Waals surface area contributed by atoms with Crippen molar-refractivity contribution in [3.8, 4) is 0 Å². The maximum atomic E-state index is 12.5. The van der Waals surface area contributed by atoms with Crippen molar-refractivity contribution in [2.24, 2.45) is 5.92 Å². The molecule has 1 fully saturated rings. The van der Waals surface area contributed by atoms with Gasteiger partial charge in [-0.05, 0) is 25.8 Å². The molecule has 1 N–H and O–H groups in total. The first-order valence-electron chi connectivity index (χ1n) is 8.01. The molecule has 1 aliphatic rings. The molecule has 1 aromatic rings. The first-order valence-corrected chi connectivity index (χ1v) is 8.01. The van der Waals surface area contributed by atoms with Crippen LogP contribution in [0.15, 0.2) is 6.07 Å². The number of amides is 2. The van der Waals surface area contributed by atoms with Gasteiger partial charge in [-0.2, -0.15) is 5.10 Å². The van der Waals surface area contributed by atoms with Crippen molar-refractivity contribution in [3.63, 3.8) is 0 Å². The molecule has 1 unspecified atom stereocenters. The summed E-state index contributed by atoms with van der Waals surface area (Å²) in [6.45, 7) is 8.96. The van der Waals surface area contributed by atoms with E-state index in [1.807, 2.05) is 33.8 Å². The molecule has 2 amide bonds. The summed E-state index contributed by atoms with van der Waals surface area (Å²) in [5.41, 5.74) is 1.75. The molecule has 0 bridgehead atoms. The summed E-state index contributed by atoms with van der Waals surface area (Å²) in [5.74, 6) is 0.00932. The lowest BCUT2D eigenvalue weighted by molar-refractivity contribution is -0.139. The quantitative estimate of drug-likeness (QED) is 0.858. The smallest absolute Gasteiger partial charge is 0.244 e. The fraction of sp³-hybridized carbons (Fsp3) is 0.688. The molecule has 1 aromatic heterocycles. The summed E-state index contributed by atoms with van der Waals surface area (Å²) in [7, 11) is 0. The van der Waals surface area contributed by atoms with Gasteiger partial charge in [0, 0.05) is 25.3 Å². The van der Waals surface area contributed by atoms with Crippen molar-refractivity contribution in [3.05, 3.63) is 17.5 Å². The molecule has 0 saturated carbocycles. The highest BCUT2D eigenvalue weighted by molar-refractivity contribution is 5.85. The summed E-state index contributed by atoms with van der Waals surface area (Å²) >= 11 is 0. The minimum atomic E-state index is -0.718. The van der Waals surface area contributed by atoms with Gasteiger partial charge in [-0.1, -0.05) is 13.8 Å². The Balaban J connectivity index is 2.05. The van der Waals surface area contributed by atoms with Crippen molar-refractivity contribution in [1.29, 1.82) is 0 Å². The van der Waals surface area contributed by atoms with Crippen molar-refractivity contribution in [2.45, 2.75) is 40.3 Å². The summed E-state index contributed by atoms with van der Waals surface area (Å²) in [4.78, 5) is 27.9. The second-order valence-electron chi connectivity index (χ2n) is 6.71. The zero-order valence-corrected chi connectivity index (χ0v) is 14.3. The molecular weight excluding hydrogens is 296 g/mol. The monoisotopic (exact) mass is 322 g/mol. The minimum absolute atomic E-state index is 0.0158. The van der Waals surface area contributed by atoms with Gasteiger partial charge in [0.05, 0.1) is 18.3 Å². The molecule has 0 radical (unpaired) electrons. The Kier molecular flexibility index (Phi) is 5.41. The number of aliphatic hydroxyl groups is 1. The largest absolute Gasteiger partial charge is 0.389 e. The third-order valence-corrected chi connectivity index (χ3v) is 3.87. The number of aliphatic hydroxyl groups excluding tert-OH is 1. The zero-order chi connectivity index (χ0) is 17.1. The Morgan fingerprint density at radius 2 is 2.09 bits per heavy atom. The van der Waals surface area contributed by atoms with Crippen molar-refractivity contribution < 1.29 is 14.7 Å². The van der Waals surface area contributed by atoms with Crippen molar-refractivity contribution in [1.82, 2.24) is 19.6 Å². The number of carbonyl (C=O) groups excluding carboxylic acids is 2. The van der Waals surface area contributed by atoms with Crippen LogP contribution in [-0.2, 0) is 16.1 Å². The molecule has 7 heteroatoms. The van der Waals surface area contributed by atoms with E-state index in [1.54, 1.807) is 9.58 Å². The lowest BCUT2D eigenvalue weighted by Gasteiger charge is -2.23. The van der Waals surface area contributed by atoms with Gasteiger partial charge in [-0.25, -0.2) is 0 Å². The number of carbonyl (C=O) groups is 2. The summed E-state index contributed by atoms with van der Waals surface area (Å²) in [6.07, 6.45) is -0.718. The zero-order valence-electron chi connectivity index (χ0n) is 14.3. The maximum absolute atomic E-state index is 12.5. The standard InChI is InChI=1S/C16H26N4O3/c1-11(2)6-18-7-14(21)8-19(9-15(18)22)16(23)10-20-13(4)5-12(3)17-20/h5,11,14,21H,6-10H2,1-4H3. The lowest BCUT2D eigenvalue weighted by atomic mass is 10.2. The molecule has 2 heterocycles. The van der Waals surface area contributed by atoms with E-state index in [-0.39, 0.29) is 38.0 Å². The molecule has 2 rings (SSSR count). The molecule has 0 aromatic carbocycles. The molecular formula is C16H26N4O3. The van der Waals surface area contributed by atoms with Gasteiger partial charge in [0.25, 0.3) is 0 Å². The van der Waals surface area contributed by atoms with Gasteiger partial charge in [0.1, 0.15) is 6.54 Å². The predicted molar refractivity (Wildman–Crippen MR) is 85.7 cm³/mol. The molecule has 23 heavy (non-hydrogen) atoms. The second kappa shape index (κ2) is 7.12. The van der Waals surface area contributed by atoms with E-state index < -0.39 is 6.10 Å². The van der Waals surface area contributed by atoms with E-state index in [0.29, 0.717) is 12.5 Å². The highest BCUT2D eigenvalue weighted by atomic mass is 16.3. The topological polar surface area (TPSA) is 78.7 Å². The van der Waals surface area contributed by atoms with E-state index in [4.69, 9.17) is 0 Å². The summed E-state index contributed by atoms with van der Waals surface area (Å²) in [5, 5.41) is 14.4. The number of hydrogen-bond acceptors (Lipinski definition) is 4. The Morgan fingerprint density at radius 1 is 1.39 bits per heavy atom. The van der Waals surface area contributed by atoms with Crippen LogP contribution < -0.4 is 0 Å². The van der Waals surface area contributed by atoms with Crippen LogP contribution in [0.5, 0.6) is 0 Å². The average molecular weight is 322 g/mol. The Morgan fingerprint density at radius 3 is 2.65 bits per heavy atom. The van der Waals surface area contributed by atoms with Crippen LogP contribution in [0.25, 0.3) is 0 Å². The van der Waals surface area contributed by atoms with E-state index in [2.05, 4.69) is 5.10 Å². The van der Waals surface area contributed by atoms with E-state index in [9.17, 15) is 14.7 Å². The summed E-state index contributed by atoms with van der Waals surface area (Å²) in [6, 6.07) is 1.90. The lowest BCUT2D eigenvalue weighted by Crippen LogP contribution is -2.41. The van der Waals surface area contributed by atoms with E-state index in [0.717, 1.165) is 11.4 Å². The maximum Gasteiger partial charge on any atom is 0.244 e. The van der Waals surface area contributed by atoms with Crippen molar-refractivity contribution >= 4 is 11.8 Å². The van der Waals surface area contributed by atoms with Crippen LogP contribution >= 0.6 is 0 Å². The van der Waals surface area contributed by atoms with Gasteiger partial charge in [0.2, 0.25) is 11.8 Å². The first-order chi connectivity index (χ1) is 10.8. The number of β-amino-alcohol motifs (C(OH)–C–C–N with tert-alkyl or cyclic N) is 1. The van der Waals surface area contributed by atoms with Crippen LogP contribution in [-0.4, -0.2) is 68.8 Å². The van der Waals surface area contributed by atoms with Crippen LogP contribution in [0, 0.1) is 19.8 Å². The third-order valence-electron chi connectivity index (χ3n) is 3.87. The van der Waals surface area contributed by atoms with Gasteiger partial charge >= 0.3 is 0 Å². The first kappa shape index (κ1) is 17.5. The fourth-order valence-corrected chi connectivity index (χ4v) is 2.87. The van der Waals surface area contributed by atoms with Crippen LogP contribution in [0.4, 0.5) is 0 Å². The normalized spacial score (nSPS) is 19.4. The molecule has 1 saturated heterocycles. The number of aryl methyl sites for hydroxylation is 2. The molecule has 128 valence electrons. The van der Waals surface area contributed by atoms with Gasteiger partial charge in [0.15, 0.2) is 0 Å². The van der Waals surface area contributed by atoms with Gasteiger partial charge in [-0.3, -0.25) is 14.3 Å². The van der Waals surface area contributed by atoms with Crippen LogP contribution in [0.2, 0.25) is 0 Å². The number of hydrogen-bond donors (Lipinski definition) is 1. The van der Waals surface area contributed by atoms with E-state index in [1.165, 1.54) is 4.90 Å². The van der Waals surface area contributed by atoms with E-state index >= 15 is 0 Å². The molecule has 1 atom stereocenters. The van der Waals surface area contributed by atoms with Gasteiger partial charge in [-0.15, -0.1) is 0 Å². The van der Waals surface area contributed by atoms with Crippen LogP contribution in [0.1, 0.15) is 25.2 Å².